The number of aryl methyl sites for hydroxylation is 3. The third kappa shape index (κ3) is 2.60. The van der Waals surface area contributed by atoms with Crippen molar-refractivity contribution >= 4 is 0 Å². The zero-order chi connectivity index (χ0) is 14.8. The molecule has 2 atom stereocenters. The summed E-state index contributed by atoms with van der Waals surface area (Å²) in [7, 11) is 2.05. The summed E-state index contributed by atoms with van der Waals surface area (Å²) in [5.41, 5.74) is 5.04. The van der Waals surface area contributed by atoms with Crippen LogP contribution in [0, 0.1) is 6.92 Å². The average molecular weight is 284 g/mol. The summed E-state index contributed by atoms with van der Waals surface area (Å²) in [6.07, 6.45) is 5.50. The standard InChI is InChI=1S/C17H24N4/c1-4-21-15(11-12(2)20-21)17(18-3)14-9-5-7-13-8-6-10-19-16(13)14/h6,8,10-11,14,17-18H,4-5,7,9H2,1-3H3. The van der Waals surface area contributed by atoms with Crippen molar-refractivity contribution in [1.82, 2.24) is 20.1 Å². The number of hydrogen-bond acceptors (Lipinski definition) is 3. The summed E-state index contributed by atoms with van der Waals surface area (Å²) in [6.45, 7) is 5.12. The number of nitrogens with one attached hydrogen (secondary N) is 1. The molecule has 3 rings (SSSR count). The molecular weight excluding hydrogens is 260 g/mol. The SMILES string of the molecule is CCn1nc(C)cc1C(NC)C1CCCc2cccnc21. The Kier molecular flexibility index (Phi) is 4.06. The Hall–Kier alpha value is -1.68. The van der Waals surface area contributed by atoms with Gasteiger partial charge in [-0.2, -0.15) is 5.10 Å². The molecule has 1 aliphatic carbocycles. The van der Waals surface area contributed by atoms with E-state index in [0.717, 1.165) is 18.7 Å². The number of likely N-dealkylation sites (N-methyl/N-ethyl adjacent to an activating group) is 1. The lowest BCUT2D eigenvalue weighted by atomic mass is 9.81. The lowest BCUT2D eigenvalue weighted by molar-refractivity contribution is 0.391. The second-order valence-corrected chi connectivity index (χ2v) is 5.84. The molecule has 0 aromatic carbocycles. The molecule has 0 saturated carbocycles. The van der Waals surface area contributed by atoms with Crippen molar-refractivity contribution in [2.45, 2.75) is 51.6 Å². The van der Waals surface area contributed by atoms with Crippen LogP contribution in [-0.2, 0) is 13.0 Å². The normalized spacial score (nSPS) is 19.3. The first-order valence-electron chi connectivity index (χ1n) is 7.90. The van der Waals surface area contributed by atoms with Crippen LogP contribution in [0.5, 0.6) is 0 Å². The summed E-state index contributed by atoms with van der Waals surface area (Å²) >= 11 is 0. The predicted octanol–water partition coefficient (Wildman–Crippen LogP) is 2.99. The summed E-state index contributed by atoms with van der Waals surface area (Å²) < 4.78 is 2.12. The highest BCUT2D eigenvalue weighted by Gasteiger charge is 2.31. The molecule has 0 radical (unpaired) electrons. The maximum Gasteiger partial charge on any atom is 0.0597 e. The van der Waals surface area contributed by atoms with Crippen LogP contribution in [-0.4, -0.2) is 21.8 Å². The monoisotopic (exact) mass is 284 g/mol. The third-order valence-corrected chi connectivity index (χ3v) is 4.50. The molecular formula is C17H24N4. The molecule has 0 fully saturated rings. The Balaban J connectivity index is 2.01. The summed E-state index contributed by atoms with van der Waals surface area (Å²) in [5, 5.41) is 8.12. The van der Waals surface area contributed by atoms with E-state index in [9.17, 15) is 0 Å². The number of fused-ring (bicyclic) bond motifs is 1. The number of aromatic nitrogens is 3. The molecule has 4 heteroatoms. The summed E-state index contributed by atoms with van der Waals surface area (Å²) in [4.78, 5) is 4.69. The van der Waals surface area contributed by atoms with Gasteiger partial charge in [0, 0.05) is 24.4 Å². The highest BCUT2D eigenvalue weighted by molar-refractivity contribution is 5.30. The van der Waals surface area contributed by atoms with E-state index < -0.39 is 0 Å². The second kappa shape index (κ2) is 5.98. The molecule has 0 saturated heterocycles. The fraction of sp³-hybridized carbons (Fsp3) is 0.529. The minimum Gasteiger partial charge on any atom is -0.311 e. The molecule has 1 N–H and O–H groups in total. The minimum absolute atomic E-state index is 0.278. The van der Waals surface area contributed by atoms with E-state index in [-0.39, 0.29) is 6.04 Å². The molecule has 4 nitrogen and oxygen atoms in total. The van der Waals surface area contributed by atoms with Crippen LogP contribution in [0.25, 0.3) is 0 Å². The van der Waals surface area contributed by atoms with Gasteiger partial charge in [-0.15, -0.1) is 0 Å². The molecule has 2 aromatic heterocycles. The molecule has 0 bridgehead atoms. The molecule has 1 aliphatic rings. The summed E-state index contributed by atoms with van der Waals surface area (Å²) in [6, 6.07) is 6.77. The number of hydrogen-bond donors (Lipinski definition) is 1. The maximum absolute atomic E-state index is 4.69. The smallest absolute Gasteiger partial charge is 0.0597 e. The molecule has 112 valence electrons. The van der Waals surface area contributed by atoms with E-state index >= 15 is 0 Å². The first-order valence-corrected chi connectivity index (χ1v) is 7.90. The van der Waals surface area contributed by atoms with E-state index in [1.807, 2.05) is 13.2 Å². The van der Waals surface area contributed by atoms with Crippen LogP contribution >= 0.6 is 0 Å². The number of nitrogens with zero attached hydrogens (tertiary/aromatic N) is 3. The Morgan fingerprint density at radius 3 is 3.10 bits per heavy atom. The van der Waals surface area contributed by atoms with Crippen LogP contribution in [0.15, 0.2) is 24.4 Å². The van der Waals surface area contributed by atoms with Crippen LogP contribution in [0.3, 0.4) is 0 Å². The van der Waals surface area contributed by atoms with Crippen LogP contribution in [0.1, 0.15) is 54.4 Å². The van der Waals surface area contributed by atoms with Crippen LogP contribution in [0.4, 0.5) is 0 Å². The minimum atomic E-state index is 0.278. The second-order valence-electron chi connectivity index (χ2n) is 5.84. The Labute approximate surface area is 126 Å². The van der Waals surface area contributed by atoms with Crippen molar-refractivity contribution in [3.8, 4) is 0 Å². The van der Waals surface area contributed by atoms with Gasteiger partial charge >= 0.3 is 0 Å². The first-order chi connectivity index (χ1) is 10.2. The molecule has 21 heavy (non-hydrogen) atoms. The van der Waals surface area contributed by atoms with Gasteiger partial charge < -0.3 is 5.32 Å². The number of rotatable bonds is 4. The third-order valence-electron chi connectivity index (χ3n) is 4.50. The van der Waals surface area contributed by atoms with Gasteiger partial charge in [-0.25, -0.2) is 0 Å². The van der Waals surface area contributed by atoms with Gasteiger partial charge in [-0.1, -0.05) is 6.07 Å². The van der Waals surface area contributed by atoms with Gasteiger partial charge in [0.15, 0.2) is 0 Å². The maximum atomic E-state index is 4.69. The van der Waals surface area contributed by atoms with Crippen LogP contribution in [0.2, 0.25) is 0 Å². The lowest BCUT2D eigenvalue weighted by Crippen LogP contribution is -2.29. The van der Waals surface area contributed by atoms with Gasteiger partial charge in [0.25, 0.3) is 0 Å². The zero-order valence-electron chi connectivity index (χ0n) is 13.1. The molecule has 0 aliphatic heterocycles. The summed E-state index contributed by atoms with van der Waals surface area (Å²) in [5.74, 6) is 0.432. The van der Waals surface area contributed by atoms with E-state index in [4.69, 9.17) is 0 Å². The quantitative estimate of drug-likeness (QED) is 0.938. The van der Waals surface area contributed by atoms with Crippen LogP contribution < -0.4 is 5.32 Å². The van der Waals surface area contributed by atoms with Gasteiger partial charge in [0.1, 0.15) is 0 Å². The number of pyridine rings is 1. The largest absolute Gasteiger partial charge is 0.311 e. The molecule has 0 amide bonds. The molecule has 0 spiro atoms. The fourth-order valence-electron chi connectivity index (χ4n) is 3.59. The first kappa shape index (κ1) is 14.3. The van der Waals surface area contributed by atoms with Gasteiger partial charge in [0.05, 0.1) is 17.4 Å². The Morgan fingerprint density at radius 2 is 2.33 bits per heavy atom. The van der Waals surface area contributed by atoms with Gasteiger partial charge in [0.2, 0.25) is 0 Å². The highest BCUT2D eigenvalue weighted by Crippen LogP contribution is 2.39. The van der Waals surface area contributed by atoms with E-state index in [0.29, 0.717) is 5.92 Å². The molecule has 2 heterocycles. The van der Waals surface area contributed by atoms with Crippen molar-refractivity contribution in [3.05, 3.63) is 47.0 Å². The van der Waals surface area contributed by atoms with E-state index in [1.54, 1.807) is 0 Å². The van der Waals surface area contributed by atoms with Crippen molar-refractivity contribution in [3.63, 3.8) is 0 Å². The molecule has 2 aromatic rings. The Morgan fingerprint density at radius 1 is 1.48 bits per heavy atom. The molecule has 2 unspecified atom stereocenters. The highest BCUT2D eigenvalue weighted by atomic mass is 15.3. The fourth-order valence-corrected chi connectivity index (χ4v) is 3.59. The van der Waals surface area contributed by atoms with Gasteiger partial charge in [-0.3, -0.25) is 9.67 Å². The topological polar surface area (TPSA) is 42.7 Å². The Bertz CT molecular complexity index is 617. The lowest BCUT2D eigenvalue weighted by Gasteiger charge is -2.31. The van der Waals surface area contributed by atoms with E-state index in [2.05, 4.69) is 52.1 Å². The van der Waals surface area contributed by atoms with Crippen molar-refractivity contribution in [2.24, 2.45) is 0 Å². The van der Waals surface area contributed by atoms with Crippen molar-refractivity contribution in [2.75, 3.05) is 7.05 Å². The van der Waals surface area contributed by atoms with Crippen molar-refractivity contribution < 1.29 is 0 Å². The van der Waals surface area contributed by atoms with Gasteiger partial charge in [-0.05, 0) is 57.9 Å². The van der Waals surface area contributed by atoms with Crippen molar-refractivity contribution in [1.29, 1.82) is 0 Å². The average Bonchev–Trinajstić information content (AvgIpc) is 2.89. The predicted molar refractivity (Wildman–Crippen MR) is 84.4 cm³/mol. The zero-order valence-corrected chi connectivity index (χ0v) is 13.1. The van der Waals surface area contributed by atoms with E-state index in [1.165, 1.54) is 29.8 Å².